The third-order valence-corrected chi connectivity index (χ3v) is 2.62. The van der Waals surface area contributed by atoms with Gasteiger partial charge in [-0.3, -0.25) is 4.90 Å². The molecule has 1 unspecified atom stereocenters. The van der Waals surface area contributed by atoms with Gasteiger partial charge in [-0.2, -0.15) is 0 Å². The van der Waals surface area contributed by atoms with Crippen LogP contribution in [0.15, 0.2) is 0 Å². The molecular weight excluding hydrogens is 160 g/mol. The first kappa shape index (κ1) is 12.9. The van der Waals surface area contributed by atoms with Crippen LogP contribution in [0.5, 0.6) is 0 Å². The molecule has 0 bridgehead atoms. The van der Waals surface area contributed by atoms with E-state index in [9.17, 15) is 0 Å². The van der Waals surface area contributed by atoms with Gasteiger partial charge in [-0.25, -0.2) is 0 Å². The molecule has 0 radical (unpaired) electrons. The van der Waals surface area contributed by atoms with E-state index in [1.165, 1.54) is 6.42 Å². The van der Waals surface area contributed by atoms with Crippen LogP contribution in [-0.4, -0.2) is 36.6 Å². The average molecular weight is 186 g/mol. The van der Waals surface area contributed by atoms with Crippen molar-refractivity contribution in [2.75, 3.05) is 13.6 Å². The third kappa shape index (κ3) is 5.27. The van der Waals surface area contributed by atoms with Crippen LogP contribution in [0.3, 0.4) is 0 Å². The molecule has 1 atom stereocenters. The second-order valence-corrected chi connectivity index (χ2v) is 4.38. The van der Waals surface area contributed by atoms with E-state index in [1.807, 2.05) is 0 Å². The van der Waals surface area contributed by atoms with Gasteiger partial charge in [-0.05, 0) is 27.3 Å². The zero-order valence-corrected chi connectivity index (χ0v) is 10.1. The summed E-state index contributed by atoms with van der Waals surface area (Å²) < 4.78 is 0. The number of hydrogen-bond donors (Lipinski definition) is 1. The first-order valence-corrected chi connectivity index (χ1v) is 5.44. The normalized spacial score (nSPS) is 14.5. The fourth-order valence-corrected chi connectivity index (χ4v) is 1.37. The summed E-state index contributed by atoms with van der Waals surface area (Å²) >= 11 is 0. The molecule has 0 aliphatic carbocycles. The van der Waals surface area contributed by atoms with Gasteiger partial charge in [-0.15, -0.1) is 0 Å². The molecule has 1 N–H and O–H groups in total. The van der Waals surface area contributed by atoms with Crippen LogP contribution in [0.4, 0.5) is 0 Å². The maximum absolute atomic E-state index is 3.49. The summed E-state index contributed by atoms with van der Waals surface area (Å²) in [5.74, 6) is 0. The van der Waals surface area contributed by atoms with E-state index in [1.54, 1.807) is 0 Å². The smallest absolute Gasteiger partial charge is 0.0217 e. The Morgan fingerprint density at radius 2 is 1.69 bits per heavy atom. The Morgan fingerprint density at radius 1 is 1.15 bits per heavy atom. The minimum absolute atomic E-state index is 0.592. The minimum atomic E-state index is 0.592. The Balaban J connectivity index is 3.87. The lowest BCUT2D eigenvalue weighted by atomic mass is 10.1. The quantitative estimate of drug-likeness (QED) is 0.683. The maximum Gasteiger partial charge on any atom is 0.0217 e. The van der Waals surface area contributed by atoms with Gasteiger partial charge in [0.05, 0.1) is 0 Å². The summed E-state index contributed by atoms with van der Waals surface area (Å²) in [4.78, 5) is 2.44. The van der Waals surface area contributed by atoms with Crippen molar-refractivity contribution >= 4 is 0 Å². The van der Waals surface area contributed by atoms with Crippen LogP contribution >= 0.6 is 0 Å². The SMILES string of the molecule is CCC(CNC(C)C)N(C)C(C)C. The number of rotatable bonds is 6. The first-order chi connectivity index (χ1) is 5.99. The molecule has 0 aliphatic rings. The predicted molar refractivity (Wildman–Crippen MR) is 60.1 cm³/mol. The maximum atomic E-state index is 3.49. The summed E-state index contributed by atoms with van der Waals surface area (Å²) in [7, 11) is 2.21. The van der Waals surface area contributed by atoms with Gasteiger partial charge < -0.3 is 5.32 Å². The number of nitrogens with zero attached hydrogens (tertiary/aromatic N) is 1. The molecule has 0 aliphatic heterocycles. The highest BCUT2D eigenvalue weighted by molar-refractivity contribution is 4.73. The molecule has 13 heavy (non-hydrogen) atoms. The van der Waals surface area contributed by atoms with Crippen molar-refractivity contribution in [3.63, 3.8) is 0 Å². The summed E-state index contributed by atoms with van der Waals surface area (Å²) in [6, 6.07) is 1.90. The van der Waals surface area contributed by atoms with E-state index in [0.717, 1.165) is 6.54 Å². The zero-order valence-electron chi connectivity index (χ0n) is 10.1. The molecule has 2 nitrogen and oxygen atoms in total. The van der Waals surface area contributed by atoms with Crippen LogP contribution in [0.25, 0.3) is 0 Å². The lowest BCUT2D eigenvalue weighted by Crippen LogP contribution is -2.44. The molecule has 0 rings (SSSR count). The second kappa shape index (κ2) is 6.39. The van der Waals surface area contributed by atoms with Crippen LogP contribution in [0.1, 0.15) is 41.0 Å². The Labute approximate surface area is 83.7 Å². The molecule has 0 heterocycles. The molecule has 0 amide bonds. The number of likely N-dealkylation sites (N-methyl/N-ethyl adjacent to an activating group) is 1. The highest BCUT2D eigenvalue weighted by atomic mass is 15.2. The van der Waals surface area contributed by atoms with Crippen LogP contribution < -0.4 is 5.32 Å². The highest BCUT2D eigenvalue weighted by Gasteiger charge is 2.14. The van der Waals surface area contributed by atoms with Gasteiger partial charge in [-0.1, -0.05) is 20.8 Å². The Morgan fingerprint density at radius 3 is 2.00 bits per heavy atom. The van der Waals surface area contributed by atoms with E-state index >= 15 is 0 Å². The lowest BCUT2D eigenvalue weighted by Gasteiger charge is -2.31. The number of nitrogens with one attached hydrogen (secondary N) is 1. The van der Waals surface area contributed by atoms with E-state index in [-0.39, 0.29) is 0 Å². The molecule has 0 saturated carbocycles. The lowest BCUT2D eigenvalue weighted by molar-refractivity contribution is 0.183. The molecule has 0 spiro atoms. The molecule has 2 heteroatoms. The van der Waals surface area contributed by atoms with Gasteiger partial charge >= 0.3 is 0 Å². The molecule has 80 valence electrons. The molecule has 0 aromatic rings. The molecule has 0 aromatic heterocycles. The van der Waals surface area contributed by atoms with E-state index in [0.29, 0.717) is 18.1 Å². The Kier molecular flexibility index (Phi) is 6.35. The second-order valence-electron chi connectivity index (χ2n) is 4.38. The van der Waals surface area contributed by atoms with Crippen molar-refractivity contribution in [1.82, 2.24) is 10.2 Å². The summed E-state index contributed by atoms with van der Waals surface area (Å²) in [5.41, 5.74) is 0. The fraction of sp³-hybridized carbons (Fsp3) is 1.00. The van der Waals surface area contributed by atoms with Crippen LogP contribution in [-0.2, 0) is 0 Å². The Hall–Kier alpha value is -0.0800. The minimum Gasteiger partial charge on any atom is -0.313 e. The largest absolute Gasteiger partial charge is 0.313 e. The van der Waals surface area contributed by atoms with Crippen molar-refractivity contribution in [1.29, 1.82) is 0 Å². The molecule has 0 saturated heterocycles. The monoisotopic (exact) mass is 186 g/mol. The van der Waals surface area contributed by atoms with Crippen molar-refractivity contribution in [3.05, 3.63) is 0 Å². The predicted octanol–water partition coefficient (Wildman–Crippen LogP) is 2.10. The first-order valence-electron chi connectivity index (χ1n) is 5.44. The third-order valence-electron chi connectivity index (χ3n) is 2.62. The van der Waals surface area contributed by atoms with Crippen molar-refractivity contribution in [2.24, 2.45) is 0 Å². The topological polar surface area (TPSA) is 15.3 Å². The number of hydrogen-bond acceptors (Lipinski definition) is 2. The van der Waals surface area contributed by atoms with Crippen LogP contribution in [0.2, 0.25) is 0 Å². The van der Waals surface area contributed by atoms with Crippen molar-refractivity contribution in [3.8, 4) is 0 Å². The zero-order chi connectivity index (χ0) is 10.4. The fourth-order valence-electron chi connectivity index (χ4n) is 1.37. The van der Waals surface area contributed by atoms with E-state index in [4.69, 9.17) is 0 Å². The Bertz CT molecular complexity index is 121. The highest BCUT2D eigenvalue weighted by Crippen LogP contribution is 2.05. The summed E-state index contributed by atoms with van der Waals surface area (Å²) in [6.45, 7) is 12.2. The van der Waals surface area contributed by atoms with E-state index in [2.05, 4.69) is 51.9 Å². The van der Waals surface area contributed by atoms with Crippen LogP contribution in [0, 0.1) is 0 Å². The molecule has 0 aromatic carbocycles. The standard InChI is InChI=1S/C11H26N2/c1-7-11(8-12-9(2)3)13(6)10(4)5/h9-12H,7-8H2,1-6H3. The van der Waals surface area contributed by atoms with Crippen molar-refractivity contribution in [2.45, 2.75) is 59.2 Å². The average Bonchev–Trinajstić information content (AvgIpc) is 2.04. The summed E-state index contributed by atoms with van der Waals surface area (Å²) in [5, 5.41) is 3.49. The molecular formula is C11H26N2. The van der Waals surface area contributed by atoms with Crippen molar-refractivity contribution < 1.29 is 0 Å². The van der Waals surface area contributed by atoms with Gasteiger partial charge in [0.1, 0.15) is 0 Å². The summed E-state index contributed by atoms with van der Waals surface area (Å²) in [6.07, 6.45) is 1.22. The molecule has 0 fully saturated rings. The van der Waals surface area contributed by atoms with Gasteiger partial charge in [0.15, 0.2) is 0 Å². The van der Waals surface area contributed by atoms with E-state index < -0.39 is 0 Å². The van der Waals surface area contributed by atoms with Gasteiger partial charge in [0.2, 0.25) is 0 Å². The van der Waals surface area contributed by atoms with Gasteiger partial charge in [0.25, 0.3) is 0 Å². The van der Waals surface area contributed by atoms with Gasteiger partial charge in [0, 0.05) is 24.7 Å².